The van der Waals surface area contributed by atoms with Crippen LogP contribution >= 0.6 is 0 Å². The number of carbonyl (C=O) groups excluding carboxylic acids is 1. The highest BCUT2D eigenvalue weighted by molar-refractivity contribution is 5.89. The van der Waals surface area contributed by atoms with Crippen LogP contribution in [0.1, 0.15) is 49.2 Å². The smallest absolute Gasteiger partial charge is 0.338 e. The first-order valence-electron chi connectivity index (χ1n) is 8.76. The Morgan fingerprint density at radius 3 is 2.56 bits per heavy atom. The summed E-state index contributed by atoms with van der Waals surface area (Å²) in [7, 11) is 0. The van der Waals surface area contributed by atoms with Crippen molar-refractivity contribution in [2.24, 2.45) is 0 Å². The van der Waals surface area contributed by atoms with E-state index in [4.69, 9.17) is 4.74 Å². The number of aromatic nitrogens is 2. The molecule has 6 nitrogen and oxygen atoms in total. The molecule has 0 aliphatic heterocycles. The van der Waals surface area contributed by atoms with E-state index < -0.39 is 0 Å². The summed E-state index contributed by atoms with van der Waals surface area (Å²) in [4.78, 5) is 20.6. The van der Waals surface area contributed by atoms with Gasteiger partial charge in [-0.1, -0.05) is 19.8 Å². The molecule has 0 unspecified atom stereocenters. The van der Waals surface area contributed by atoms with Gasteiger partial charge in [0, 0.05) is 24.0 Å². The molecule has 0 radical (unpaired) electrons. The molecule has 0 aliphatic rings. The maximum absolute atomic E-state index is 11.7. The molecule has 1 aromatic carbocycles. The summed E-state index contributed by atoms with van der Waals surface area (Å²) < 4.78 is 4.98. The van der Waals surface area contributed by atoms with E-state index in [-0.39, 0.29) is 5.97 Å². The summed E-state index contributed by atoms with van der Waals surface area (Å²) in [5, 5.41) is 6.50. The minimum Gasteiger partial charge on any atom is -0.462 e. The Bertz CT molecular complexity index is 686. The second-order valence-electron chi connectivity index (χ2n) is 5.77. The van der Waals surface area contributed by atoms with Gasteiger partial charge in [-0.3, -0.25) is 0 Å². The third kappa shape index (κ3) is 6.06. The zero-order chi connectivity index (χ0) is 18.1. The lowest BCUT2D eigenvalue weighted by molar-refractivity contribution is 0.0526. The summed E-state index contributed by atoms with van der Waals surface area (Å²) in [6.07, 6.45) is 3.48. The van der Waals surface area contributed by atoms with E-state index in [2.05, 4.69) is 27.5 Å². The summed E-state index contributed by atoms with van der Waals surface area (Å²) in [6, 6.07) is 9.02. The van der Waals surface area contributed by atoms with Gasteiger partial charge in [-0.2, -0.15) is 4.98 Å². The highest BCUT2D eigenvalue weighted by Gasteiger charge is 2.07. The van der Waals surface area contributed by atoms with Crippen LogP contribution in [0, 0.1) is 6.92 Å². The quantitative estimate of drug-likeness (QED) is 0.522. The van der Waals surface area contributed by atoms with Crippen molar-refractivity contribution in [3.05, 3.63) is 41.6 Å². The Kier molecular flexibility index (Phi) is 7.19. The van der Waals surface area contributed by atoms with E-state index >= 15 is 0 Å². The largest absolute Gasteiger partial charge is 0.462 e. The van der Waals surface area contributed by atoms with E-state index in [0.717, 1.165) is 30.2 Å². The number of rotatable bonds is 9. The number of carbonyl (C=O) groups is 1. The maximum atomic E-state index is 11.7. The average molecular weight is 342 g/mol. The molecule has 0 amide bonds. The van der Waals surface area contributed by atoms with Crippen LogP contribution in [0.4, 0.5) is 17.5 Å². The third-order valence-electron chi connectivity index (χ3n) is 3.59. The second-order valence-corrected chi connectivity index (χ2v) is 5.77. The van der Waals surface area contributed by atoms with E-state index in [0.29, 0.717) is 18.1 Å². The standard InChI is InChI=1S/C19H26N4O2/c1-4-6-7-12-20-19-21-14(3)13-17(23-19)22-16-10-8-15(9-11-16)18(24)25-5-2/h8-11,13H,4-7,12H2,1-3H3,(H2,20,21,22,23). The first kappa shape index (κ1) is 18.7. The lowest BCUT2D eigenvalue weighted by atomic mass is 10.2. The van der Waals surface area contributed by atoms with Gasteiger partial charge in [-0.05, 0) is 44.5 Å². The van der Waals surface area contributed by atoms with Gasteiger partial charge in [-0.15, -0.1) is 0 Å². The van der Waals surface area contributed by atoms with Gasteiger partial charge >= 0.3 is 5.97 Å². The van der Waals surface area contributed by atoms with Crippen LogP contribution in [0.25, 0.3) is 0 Å². The highest BCUT2D eigenvalue weighted by atomic mass is 16.5. The van der Waals surface area contributed by atoms with Gasteiger partial charge in [0.05, 0.1) is 12.2 Å². The molecule has 134 valence electrons. The van der Waals surface area contributed by atoms with E-state index in [1.807, 2.05) is 25.1 Å². The molecule has 2 aromatic rings. The monoisotopic (exact) mass is 342 g/mol. The van der Waals surface area contributed by atoms with Crippen molar-refractivity contribution in [2.45, 2.75) is 40.0 Å². The molecule has 0 atom stereocenters. The fourth-order valence-electron chi connectivity index (χ4n) is 2.34. The molecule has 1 heterocycles. The summed E-state index contributed by atoms with van der Waals surface area (Å²) >= 11 is 0. The molecule has 0 spiro atoms. The Morgan fingerprint density at radius 1 is 1.12 bits per heavy atom. The molecule has 0 saturated heterocycles. The second kappa shape index (κ2) is 9.61. The topological polar surface area (TPSA) is 76.1 Å². The van der Waals surface area contributed by atoms with Gasteiger partial charge in [0.2, 0.25) is 5.95 Å². The Balaban J connectivity index is 2.01. The van der Waals surface area contributed by atoms with Crippen molar-refractivity contribution >= 4 is 23.4 Å². The number of nitrogens with one attached hydrogen (secondary N) is 2. The van der Waals surface area contributed by atoms with Crippen molar-refractivity contribution in [2.75, 3.05) is 23.8 Å². The first-order chi connectivity index (χ1) is 12.1. The molecule has 0 fully saturated rings. The predicted octanol–water partition coefficient (Wildman–Crippen LogP) is 4.31. The zero-order valence-electron chi connectivity index (χ0n) is 15.1. The fourth-order valence-corrected chi connectivity index (χ4v) is 2.34. The van der Waals surface area contributed by atoms with Gasteiger partial charge in [-0.25, -0.2) is 9.78 Å². The number of unbranched alkanes of at least 4 members (excludes halogenated alkanes) is 2. The highest BCUT2D eigenvalue weighted by Crippen LogP contribution is 2.18. The molecule has 25 heavy (non-hydrogen) atoms. The number of anilines is 3. The van der Waals surface area contributed by atoms with E-state index in [1.54, 1.807) is 19.1 Å². The normalized spacial score (nSPS) is 10.4. The molecule has 0 saturated carbocycles. The minimum absolute atomic E-state index is 0.314. The number of hydrogen-bond donors (Lipinski definition) is 2. The zero-order valence-corrected chi connectivity index (χ0v) is 15.1. The average Bonchev–Trinajstić information content (AvgIpc) is 2.59. The molecule has 1 aromatic heterocycles. The van der Waals surface area contributed by atoms with Gasteiger partial charge in [0.15, 0.2) is 0 Å². The minimum atomic E-state index is -0.314. The van der Waals surface area contributed by atoms with Crippen LogP contribution in [-0.4, -0.2) is 29.1 Å². The molecule has 2 N–H and O–H groups in total. The molecule has 6 heteroatoms. The lowest BCUT2D eigenvalue weighted by Gasteiger charge is -2.10. The summed E-state index contributed by atoms with van der Waals surface area (Å²) in [6.45, 7) is 7.14. The van der Waals surface area contributed by atoms with Gasteiger partial charge in [0.1, 0.15) is 5.82 Å². The van der Waals surface area contributed by atoms with Crippen molar-refractivity contribution in [1.29, 1.82) is 0 Å². The van der Waals surface area contributed by atoms with Crippen LogP contribution in [0.2, 0.25) is 0 Å². The molecule has 2 rings (SSSR count). The number of nitrogens with zero attached hydrogens (tertiary/aromatic N) is 2. The van der Waals surface area contributed by atoms with Crippen LogP contribution in [-0.2, 0) is 4.74 Å². The van der Waals surface area contributed by atoms with Crippen LogP contribution < -0.4 is 10.6 Å². The number of benzene rings is 1. The Hall–Kier alpha value is -2.63. The molecular formula is C19H26N4O2. The van der Waals surface area contributed by atoms with E-state index in [1.165, 1.54) is 12.8 Å². The maximum Gasteiger partial charge on any atom is 0.338 e. The lowest BCUT2D eigenvalue weighted by Crippen LogP contribution is -2.08. The molecule has 0 aliphatic carbocycles. The third-order valence-corrected chi connectivity index (χ3v) is 3.59. The molecule has 0 bridgehead atoms. The summed E-state index contributed by atoms with van der Waals surface area (Å²) in [5.74, 6) is 1.03. The number of aryl methyl sites for hydroxylation is 1. The SMILES string of the molecule is CCCCCNc1nc(C)cc(Nc2ccc(C(=O)OCC)cc2)n1. The molecular weight excluding hydrogens is 316 g/mol. The number of ether oxygens (including phenoxy) is 1. The number of hydrogen-bond acceptors (Lipinski definition) is 6. The Morgan fingerprint density at radius 2 is 1.88 bits per heavy atom. The van der Waals surface area contributed by atoms with Crippen molar-refractivity contribution in [3.63, 3.8) is 0 Å². The van der Waals surface area contributed by atoms with Crippen molar-refractivity contribution in [3.8, 4) is 0 Å². The van der Waals surface area contributed by atoms with Crippen molar-refractivity contribution in [1.82, 2.24) is 9.97 Å². The predicted molar refractivity (Wildman–Crippen MR) is 100 cm³/mol. The number of esters is 1. The van der Waals surface area contributed by atoms with E-state index in [9.17, 15) is 4.79 Å². The van der Waals surface area contributed by atoms with Crippen LogP contribution in [0.5, 0.6) is 0 Å². The van der Waals surface area contributed by atoms with Crippen LogP contribution in [0.3, 0.4) is 0 Å². The van der Waals surface area contributed by atoms with Gasteiger partial charge in [0.25, 0.3) is 0 Å². The van der Waals surface area contributed by atoms with Crippen molar-refractivity contribution < 1.29 is 9.53 Å². The summed E-state index contributed by atoms with van der Waals surface area (Å²) in [5.41, 5.74) is 2.27. The Labute approximate surface area is 149 Å². The fraction of sp³-hybridized carbons (Fsp3) is 0.421. The van der Waals surface area contributed by atoms with Gasteiger partial charge < -0.3 is 15.4 Å². The van der Waals surface area contributed by atoms with Crippen LogP contribution in [0.15, 0.2) is 30.3 Å². The first-order valence-corrected chi connectivity index (χ1v) is 8.76.